The van der Waals surface area contributed by atoms with E-state index in [2.05, 4.69) is 0 Å². The average Bonchev–Trinajstić information content (AvgIpc) is 2.01. The zero-order chi connectivity index (χ0) is 10.8. The van der Waals surface area contributed by atoms with Gasteiger partial charge in [0.05, 0.1) is 11.3 Å². The normalized spacial score (nSPS) is 10.5. The second kappa shape index (κ2) is 5.62. The number of aliphatic carboxylic acids is 1. The molecule has 0 spiro atoms. The third-order valence-electron chi connectivity index (χ3n) is 1.58. The zero-order valence-electron chi connectivity index (χ0n) is 8.00. The molecular weight excluding hydrogens is 231 g/mol. The minimum Gasteiger partial charge on any atom is -0.744 e. The number of carboxylic acids is 1. The van der Waals surface area contributed by atoms with Crippen molar-refractivity contribution in [2.45, 2.75) is 11.3 Å². The van der Waals surface area contributed by atoms with Gasteiger partial charge in [0.2, 0.25) is 0 Å². The largest absolute Gasteiger partial charge is 1.00 e. The molecule has 0 amide bonds. The van der Waals surface area contributed by atoms with Crippen LogP contribution in [0.4, 0.5) is 0 Å². The molecule has 0 bridgehead atoms. The summed E-state index contributed by atoms with van der Waals surface area (Å²) < 4.78 is 32.1. The maximum Gasteiger partial charge on any atom is 1.00 e. The first-order valence-electron chi connectivity index (χ1n) is 3.67. The molecule has 0 heterocycles. The van der Waals surface area contributed by atoms with Crippen LogP contribution in [-0.4, -0.2) is 24.0 Å². The number of benzene rings is 1. The molecule has 0 aromatic heterocycles. The zero-order valence-corrected chi connectivity index (χ0v) is 10.8. The van der Waals surface area contributed by atoms with Crippen molar-refractivity contribution in [3.63, 3.8) is 0 Å². The van der Waals surface area contributed by atoms with Crippen molar-refractivity contribution >= 4 is 16.1 Å². The van der Waals surface area contributed by atoms with Crippen LogP contribution in [0.15, 0.2) is 29.2 Å². The van der Waals surface area contributed by atoms with Crippen molar-refractivity contribution < 1.29 is 52.4 Å². The minimum absolute atomic E-state index is 0. The third-order valence-corrected chi connectivity index (χ3v) is 2.52. The third kappa shape index (κ3) is 4.31. The summed E-state index contributed by atoms with van der Waals surface area (Å²) in [6, 6.07) is 5.25. The number of carboxylic acid groups (broad SMARTS) is 1. The Labute approximate surface area is 109 Å². The summed E-state index contributed by atoms with van der Waals surface area (Å²) in [5.74, 6) is -1.18. The van der Waals surface area contributed by atoms with Gasteiger partial charge in [-0.1, -0.05) is 18.2 Å². The minimum atomic E-state index is -4.59. The first kappa shape index (κ1) is 14.6. The van der Waals surface area contributed by atoms with E-state index in [0.29, 0.717) is 0 Å². The Morgan fingerprint density at radius 2 is 1.87 bits per heavy atom. The van der Waals surface area contributed by atoms with Gasteiger partial charge in [0.25, 0.3) is 0 Å². The van der Waals surface area contributed by atoms with Crippen LogP contribution < -0.4 is 29.6 Å². The van der Waals surface area contributed by atoms with Gasteiger partial charge in [-0.05, 0) is 11.6 Å². The first-order chi connectivity index (χ1) is 6.41. The predicted octanol–water partition coefficient (Wildman–Crippen LogP) is -2.78. The fraction of sp³-hybridized carbons (Fsp3) is 0.125. The van der Waals surface area contributed by atoms with Gasteiger partial charge in [0, 0.05) is 0 Å². The Morgan fingerprint density at radius 3 is 2.33 bits per heavy atom. The van der Waals surface area contributed by atoms with Crippen LogP contribution in [0.1, 0.15) is 5.56 Å². The molecule has 0 radical (unpaired) electrons. The van der Waals surface area contributed by atoms with Crippen molar-refractivity contribution in [2.75, 3.05) is 0 Å². The maximum absolute atomic E-state index is 10.7. The summed E-state index contributed by atoms with van der Waals surface area (Å²) in [5.41, 5.74) is 0.00926. The van der Waals surface area contributed by atoms with Crippen molar-refractivity contribution in [3.05, 3.63) is 29.8 Å². The number of hydrogen-bond acceptors (Lipinski definition) is 4. The molecule has 5 nitrogen and oxygen atoms in total. The maximum atomic E-state index is 10.7. The molecule has 1 aromatic rings. The van der Waals surface area contributed by atoms with Gasteiger partial charge in [-0.2, -0.15) is 0 Å². The molecule has 0 saturated carbocycles. The summed E-state index contributed by atoms with van der Waals surface area (Å²) in [5, 5.41) is 8.46. The molecule has 1 rings (SSSR count). The molecule has 0 fully saturated rings. The van der Waals surface area contributed by atoms with Crippen LogP contribution in [0.3, 0.4) is 0 Å². The first-order valence-corrected chi connectivity index (χ1v) is 5.07. The molecule has 0 aliphatic rings. The molecule has 76 valence electrons. The molecule has 7 heteroatoms. The van der Waals surface area contributed by atoms with E-state index >= 15 is 0 Å². The number of rotatable bonds is 3. The van der Waals surface area contributed by atoms with Gasteiger partial charge in [0.15, 0.2) is 0 Å². The molecule has 1 N–H and O–H groups in total. The Hall–Kier alpha value is -0.400. The van der Waals surface area contributed by atoms with Crippen LogP contribution in [0.25, 0.3) is 0 Å². The van der Waals surface area contributed by atoms with Crippen LogP contribution in [0.5, 0.6) is 0 Å². The summed E-state index contributed by atoms with van der Waals surface area (Å²) >= 11 is 0. The Balaban J connectivity index is 0.00000196. The van der Waals surface area contributed by atoms with Crippen LogP contribution in [0, 0.1) is 0 Å². The van der Waals surface area contributed by atoms with Crippen LogP contribution >= 0.6 is 0 Å². The Bertz CT molecular complexity index is 454. The Kier molecular flexibility index (Phi) is 5.47. The second-order valence-electron chi connectivity index (χ2n) is 2.63. The van der Waals surface area contributed by atoms with Gasteiger partial charge in [-0.25, -0.2) is 8.42 Å². The SMILES string of the molecule is O=C(O)Cc1ccccc1S(=O)(=O)[O-].[Na+]. The summed E-state index contributed by atoms with van der Waals surface area (Å²) in [4.78, 5) is 9.88. The van der Waals surface area contributed by atoms with E-state index in [4.69, 9.17) is 5.11 Å². The van der Waals surface area contributed by atoms with Crippen molar-refractivity contribution in [2.24, 2.45) is 0 Å². The second-order valence-corrected chi connectivity index (χ2v) is 3.98. The predicted molar refractivity (Wildman–Crippen MR) is 45.7 cm³/mol. The van der Waals surface area contributed by atoms with Gasteiger partial charge in [0.1, 0.15) is 10.1 Å². The van der Waals surface area contributed by atoms with Crippen LogP contribution in [0.2, 0.25) is 0 Å². The quantitative estimate of drug-likeness (QED) is 0.454. The van der Waals surface area contributed by atoms with E-state index in [-0.39, 0.29) is 35.1 Å². The monoisotopic (exact) mass is 238 g/mol. The summed E-state index contributed by atoms with van der Waals surface area (Å²) in [7, 11) is -4.59. The van der Waals surface area contributed by atoms with Crippen molar-refractivity contribution in [1.82, 2.24) is 0 Å². The average molecular weight is 238 g/mol. The molecule has 0 unspecified atom stereocenters. The van der Waals surface area contributed by atoms with E-state index in [1.807, 2.05) is 0 Å². The van der Waals surface area contributed by atoms with E-state index in [9.17, 15) is 17.8 Å². The molecule has 0 saturated heterocycles. The fourth-order valence-electron chi connectivity index (χ4n) is 1.06. The smallest absolute Gasteiger partial charge is 0.744 e. The van der Waals surface area contributed by atoms with Gasteiger partial charge in [-0.3, -0.25) is 4.79 Å². The molecular formula is C8H7NaO5S. The van der Waals surface area contributed by atoms with Gasteiger partial charge >= 0.3 is 35.5 Å². The fourth-order valence-corrected chi connectivity index (χ4v) is 1.76. The standard InChI is InChI=1S/C8H8O5S.Na/c9-8(10)5-6-3-1-2-4-7(6)14(11,12)13;/h1-4H,5H2,(H,9,10)(H,11,12,13);/q;+1/p-1. The molecule has 0 aliphatic heterocycles. The summed E-state index contributed by atoms with van der Waals surface area (Å²) in [6.07, 6.45) is -0.475. The van der Waals surface area contributed by atoms with E-state index < -0.39 is 27.4 Å². The summed E-state index contributed by atoms with van der Waals surface area (Å²) in [6.45, 7) is 0. The number of hydrogen-bond donors (Lipinski definition) is 1. The van der Waals surface area contributed by atoms with Crippen molar-refractivity contribution in [1.29, 1.82) is 0 Å². The molecule has 0 atom stereocenters. The van der Waals surface area contributed by atoms with Gasteiger partial charge < -0.3 is 9.66 Å². The van der Waals surface area contributed by atoms with Gasteiger partial charge in [-0.15, -0.1) is 0 Å². The number of carbonyl (C=O) groups is 1. The van der Waals surface area contributed by atoms with E-state index in [1.54, 1.807) is 0 Å². The van der Waals surface area contributed by atoms with Crippen molar-refractivity contribution in [3.8, 4) is 0 Å². The van der Waals surface area contributed by atoms with E-state index in [1.165, 1.54) is 18.2 Å². The molecule has 1 aromatic carbocycles. The topological polar surface area (TPSA) is 94.5 Å². The molecule has 15 heavy (non-hydrogen) atoms. The van der Waals surface area contributed by atoms with E-state index in [0.717, 1.165) is 6.07 Å². The van der Waals surface area contributed by atoms with Crippen LogP contribution in [-0.2, 0) is 21.3 Å². The Morgan fingerprint density at radius 1 is 1.33 bits per heavy atom. The molecule has 0 aliphatic carbocycles.